The Kier molecular flexibility index (Phi) is 7.59. The summed E-state index contributed by atoms with van der Waals surface area (Å²) in [4.78, 5) is 24.6. The summed E-state index contributed by atoms with van der Waals surface area (Å²) < 4.78 is 15.6. The zero-order chi connectivity index (χ0) is 23.8. The molecule has 0 atom stereocenters. The van der Waals surface area contributed by atoms with E-state index in [4.69, 9.17) is 13.9 Å². The zero-order valence-corrected chi connectivity index (χ0v) is 18.7. The maximum Gasteiger partial charge on any atom is 0.307 e. The number of nitrogens with one attached hydrogen (secondary N) is 2. The molecule has 0 aliphatic rings. The maximum absolute atomic E-state index is 12.3. The van der Waals surface area contributed by atoms with Gasteiger partial charge in [0.25, 0.3) is 0 Å². The van der Waals surface area contributed by atoms with E-state index >= 15 is 0 Å². The number of rotatable bonds is 8. The van der Waals surface area contributed by atoms with Crippen LogP contribution in [0.1, 0.15) is 46.1 Å². The SMILES string of the molecule is COc1ccc(/C(C)=N/NC(=O)c2ccc(C(=O)N/N=C(\C)c3ccc(OC)cc3)o2)cc1. The molecule has 0 radical (unpaired) electrons. The molecular formula is C24H24N4O5. The third-order valence-corrected chi connectivity index (χ3v) is 4.72. The predicted molar refractivity (Wildman–Crippen MR) is 124 cm³/mol. The molecule has 2 aromatic carbocycles. The van der Waals surface area contributed by atoms with E-state index in [-0.39, 0.29) is 11.5 Å². The molecule has 1 heterocycles. The Balaban J connectivity index is 1.59. The Morgan fingerprint density at radius 1 is 0.667 bits per heavy atom. The van der Waals surface area contributed by atoms with Crippen molar-refractivity contribution in [3.05, 3.63) is 83.3 Å². The minimum Gasteiger partial charge on any atom is -0.497 e. The molecule has 33 heavy (non-hydrogen) atoms. The van der Waals surface area contributed by atoms with Crippen molar-refractivity contribution in [2.75, 3.05) is 14.2 Å². The second-order valence-corrected chi connectivity index (χ2v) is 6.90. The lowest BCUT2D eigenvalue weighted by molar-refractivity contribution is 0.0902. The van der Waals surface area contributed by atoms with Crippen LogP contribution in [0.2, 0.25) is 0 Å². The second kappa shape index (κ2) is 10.8. The Bertz CT molecular complexity index is 1090. The summed E-state index contributed by atoms with van der Waals surface area (Å²) in [6.45, 7) is 3.51. The highest BCUT2D eigenvalue weighted by atomic mass is 16.5. The summed E-state index contributed by atoms with van der Waals surface area (Å²) in [6, 6.07) is 17.3. The molecule has 0 saturated heterocycles. The van der Waals surface area contributed by atoms with Gasteiger partial charge in [-0.15, -0.1) is 0 Å². The van der Waals surface area contributed by atoms with Crippen molar-refractivity contribution in [1.29, 1.82) is 0 Å². The van der Waals surface area contributed by atoms with Crippen molar-refractivity contribution >= 4 is 23.2 Å². The zero-order valence-electron chi connectivity index (χ0n) is 18.7. The Labute approximate surface area is 191 Å². The lowest BCUT2D eigenvalue weighted by atomic mass is 10.1. The molecule has 1 aromatic heterocycles. The number of methoxy groups -OCH3 is 2. The minimum atomic E-state index is -0.583. The first-order valence-corrected chi connectivity index (χ1v) is 9.99. The second-order valence-electron chi connectivity index (χ2n) is 6.90. The van der Waals surface area contributed by atoms with Crippen LogP contribution in [0.3, 0.4) is 0 Å². The minimum absolute atomic E-state index is 0.0534. The van der Waals surface area contributed by atoms with Crippen LogP contribution in [-0.2, 0) is 0 Å². The summed E-state index contributed by atoms with van der Waals surface area (Å²) in [5.41, 5.74) is 7.66. The first-order chi connectivity index (χ1) is 15.9. The molecule has 2 amide bonds. The fourth-order valence-electron chi connectivity index (χ4n) is 2.75. The van der Waals surface area contributed by atoms with Gasteiger partial charge < -0.3 is 13.9 Å². The smallest absolute Gasteiger partial charge is 0.307 e. The van der Waals surface area contributed by atoms with Crippen molar-refractivity contribution in [2.45, 2.75) is 13.8 Å². The number of hydrazone groups is 2. The van der Waals surface area contributed by atoms with Crippen LogP contribution in [0.15, 0.2) is 75.3 Å². The van der Waals surface area contributed by atoms with Crippen LogP contribution < -0.4 is 20.3 Å². The van der Waals surface area contributed by atoms with Gasteiger partial charge in [-0.1, -0.05) is 0 Å². The van der Waals surface area contributed by atoms with Crippen molar-refractivity contribution in [2.24, 2.45) is 10.2 Å². The summed E-state index contributed by atoms with van der Waals surface area (Å²) in [5.74, 6) is 0.172. The molecule has 0 fully saturated rings. The number of carbonyl (C=O) groups is 2. The molecule has 2 N–H and O–H groups in total. The van der Waals surface area contributed by atoms with Crippen LogP contribution in [0, 0.1) is 0 Å². The lowest BCUT2D eigenvalue weighted by Gasteiger charge is -2.04. The van der Waals surface area contributed by atoms with Crippen LogP contribution in [0.5, 0.6) is 11.5 Å². The fraction of sp³-hybridized carbons (Fsp3) is 0.167. The van der Waals surface area contributed by atoms with E-state index in [1.54, 1.807) is 52.3 Å². The maximum atomic E-state index is 12.3. The van der Waals surface area contributed by atoms with Gasteiger partial charge in [0.05, 0.1) is 25.6 Å². The largest absolute Gasteiger partial charge is 0.497 e. The quantitative estimate of drug-likeness (QED) is 0.404. The molecule has 0 spiro atoms. The highest BCUT2D eigenvalue weighted by Crippen LogP contribution is 2.13. The lowest BCUT2D eigenvalue weighted by Crippen LogP contribution is -2.20. The molecule has 0 aliphatic heterocycles. The summed E-state index contributed by atoms with van der Waals surface area (Å²) in [7, 11) is 3.17. The summed E-state index contributed by atoms with van der Waals surface area (Å²) in [5, 5.41) is 8.14. The van der Waals surface area contributed by atoms with E-state index in [0.717, 1.165) is 22.6 Å². The topological polar surface area (TPSA) is 115 Å². The van der Waals surface area contributed by atoms with E-state index in [1.807, 2.05) is 24.3 Å². The first kappa shape index (κ1) is 23.3. The first-order valence-electron chi connectivity index (χ1n) is 9.99. The standard InChI is InChI=1S/C24H24N4O5/c1-15(17-5-9-19(31-3)10-6-17)25-27-23(29)21-13-14-22(33-21)24(30)28-26-16(2)18-7-11-20(32-4)12-8-18/h5-14H,1-4H3,(H,27,29)(H,28,30)/b25-15+,26-16+. The van der Waals surface area contributed by atoms with Gasteiger partial charge in [-0.2, -0.15) is 10.2 Å². The van der Waals surface area contributed by atoms with Gasteiger partial charge in [0.1, 0.15) is 11.5 Å². The van der Waals surface area contributed by atoms with E-state index in [0.29, 0.717) is 11.4 Å². The van der Waals surface area contributed by atoms with Crippen molar-refractivity contribution in [1.82, 2.24) is 10.9 Å². The Morgan fingerprint density at radius 3 is 1.36 bits per heavy atom. The van der Waals surface area contributed by atoms with Crippen molar-refractivity contribution < 1.29 is 23.5 Å². The number of ether oxygens (including phenoxy) is 2. The molecule has 170 valence electrons. The van der Waals surface area contributed by atoms with Crippen molar-refractivity contribution in [3.8, 4) is 11.5 Å². The van der Waals surface area contributed by atoms with Gasteiger partial charge in [0, 0.05) is 0 Å². The number of furan rings is 1. The van der Waals surface area contributed by atoms with E-state index < -0.39 is 11.8 Å². The van der Waals surface area contributed by atoms with Crippen molar-refractivity contribution in [3.63, 3.8) is 0 Å². The molecule has 0 aliphatic carbocycles. The van der Waals surface area contributed by atoms with Crippen LogP contribution in [-0.4, -0.2) is 37.5 Å². The average Bonchev–Trinajstić information content (AvgIpc) is 3.36. The number of amides is 2. The normalized spacial score (nSPS) is 11.6. The average molecular weight is 448 g/mol. The fourth-order valence-corrected chi connectivity index (χ4v) is 2.75. The highest BCUT2D eigenvalue weighted by molar-refractivity contribution is 6.02. The number of benzene rings is 2. The van der Waals surface area contributed by atoms with E-state index in [9.17, 15) is 9.59 Å². The van der Waals surface area contributed by atoms with Gasteiger partial charge in [-0.05, 0) is 85.6 Å². The highest BCUT2D eigenvalue weighted by Gasteiger charge is 2.15. The molecule has 9 nitrogen and oxygen atoms in total. The molecular weight excluding hydrogens is 424 g/mol. The van der Waals surface area contributed by atoms with Crippen LogP contribution >= 0.6 is 0 Å². The van der Waals surface area contributed by atoms with Gasteiger partial charge in [0.15, 0.2) is 11.5 Å². The number of carbonyl (C=O) groups excluding carboxylic acids is 2. The van der Waals surface area contributed by atoms with E-state index in [1.165, 1.54) is 12.1 Å². The number of hydrogen-bond acceptors (Lipinski definition) is 7. The Hall–Kier alpha value is -4.40. The van der Waals surface area contributed by atoms with Gasteiger partial charge in [0.2, 0.25) is 0 Å². The summed E-state index contributed by atoms with van der Waals surface area (Å²) >= 11 is 0. The van der Waals surface area contributed by atoms with Crippen LogP contribution in [0.25, 0.3) is 0 Å². The van der Waals surface area contributed by atoms with E-state index in [2.05, 4.69) is 21.1 Å². The van der Waals surface area contributed by atoms with Crippen LogP contribution in [0.4, 0.5) is 0 Å². The molecule has 0 unspecified atom stereocenters. The van der Waals surface area contributed by atoms with Gasteiger partial charge in [-0.3, -0.25) is 9.59 Å². The molecule has 3 aromatic rings. The molecule has 0 saturated carbocycles. The predicted octanol–water partition coefficient (Wildman–Crippen LogP) is 3.60. The number of hydrogen-bond donors (Lipinski definition) is 2. The monoisotopic (exact) mass is 448 g/mol. The third-order valence-electron chi connectivity index (χ3n) is 4.72. The molecule has 9 heteroatoms. The summed E-state index contributed by atoms with van der Waals surface area (Å²) in [6.07, 6.45) is 0. The van der Waals surface area contributed by atoms with Gasteiger partial charge >= 0.3 is 11.8 Å². The molecule has 3 rings (SSSR count). The Morgan fingerprint density at radius 2 is 1.03 bits per heavy atom. The van der Waals surface area contributed by atoms with Gasteiger partial charge in [-0.25, -0.2) is 10.9 Å². The molecule has 0 bridgehead atoms. The third kappa shape index (κ3) is 6.07. The number of nitrogens with zero attached hydrogens (tertiary/aromatic N) is 2.